The second kappa shape index (κ2) is 6.19. The quantitative estimate of drug-likeness (QED) is 0.916. The van der Waals surface area contributed by atoms with Gasteiger partial charge in [0.05, 0.1) is 18.2 Å². The number of rotatable bonds is 4. The summed E-state index contributed by atoms with van der Waals surface area (Å²) in [6.45, 7) is 3.73. The summed E-state index contributed by atoms with van der Waals surface area (Å²) in [5.74, 6) is 0.516. The van der Waals surface area contributed by atoms with Crippen molar-refractivity contribution in [1.29, 1.82) is 0 Å². The number of ether oxygens (including phenoxy) is 1. The lowest BCUT2D eigenvalue weighted by Crippen LogP contribution is -2.34. The lowest BCUT2D eigenvalue weighted by molar-refractivity contribution is -0.120. The third kappa shape index (κ3) is 3.37. The van der Waals surface area contributed by atoms with E-state index in [9.17, 15) is 4.79 Å². The topological polar surface area (TPSA) is 38.3 Å². The van der Waals surface area contributed by atoms with E-state index in [1.165, 1.54) is 0 Å². The van der Waals surface area contributed by atoms with Crippen LogP contribution in [-0.2, 0) is 10.2 Å². The van der Waals surface area contributed by atoms with Gasteiger partial charge in [-0.25, -0.2) is 0 Å². The molecule has 0 heterocycles. The van der Waals surface area contributed by atoms with Gasteiger partial charge in [-0.3, -0.25) is 4.79 Å². The summed E-state index contributed by atoms with van der Waals surface area (Å²) in [7, 11) is 1.58. The largest absolute Gasteiger partial charge is 0.495 e. The molecule has 0 atom stereocenters. The minimum absolute atomic E-state index is 0.116. The minimum Gasteiger partial charge on any atom is -0.495 e. The van der Waals surface area contributed by atoms with E-state index in [-0.39, 0.29) is 5.91 Å². The normalized spacial score (nSPS) is 11.0. The molecule has 0 saturated heterocycles. The van der Waals surface area contributed by atoms with Crippen LogP contribution in [0.2, 0.25) is 5.02 Å². The van der Waals surface area contributed by atoms with E-state index in [0.717, 1.165) is 5.56 Å². The molecule has 0 aromatic heterocycles. The standard InChI is InChI=1S/C17H18ClNO2/c1-17(2,12-7-6-8-13(18)11-12)16(20)19-14-9-4-5-10-15(14)21-3/h4-11H,1-3H3,(H,19,20). The van der Waals surface area contributed by atoms with Crippen LogP contribution >= 0.6 is 11.6 Å². The van der Waals surface area contributed by atoms with Gasteiger partial charge in [0.15, 0.2) is 0 Å². The van der Waals surface area contributed by atoms with Gasteiger partial charge in [-0.2, -0.15) is 0 Å². The van der Waals surface area contributed by atoms with Crippen molar-refractivity contribution in [1.82, 2.24) is 0 Å². The molecule has 0 aliphatic heterocycles. The number of hydrogen-bond donors (Lipinski definition) is 1. The molecule has 1 N–H and O–H groups in total. The maximum absolute atomic E-state index is 12.6. The van der Waals surface area contributed by atoms with E-state index in [4.69, 9.17) is 16.3 Å². The number of benzene rings is 2. The summed E-state index contributed by atoms with van der Waals surface area (Å²) in [5.41, 5.74) is 0.814. The summed E-state index contributed by atoms with van der Waals surface area (Å²) in [6.07, 6.45) is 0. The third-order valence-electron chi connectivity index (χ3n) is 3.47. The zero-order valence-corrected chi connectivity index (χ0v) is 13.1. The van der Waals surface area contributed by atoms with Gasteiger partial charge in [-0.15, -0.1) is 0 Å². The number of amides is 1. The van der Waals surface area contributed by atoms with Crippen molar-refractivity contribution < 1.29 is 9.53 Å². The molecule has 2 rings (SSSR count). The maximum Gasteiger partial charge on any atom is 0.234 e. The first-order valence-corrected chi connectivity index (χ1v) is 7.03. The average Bonchev–Trinajstić information content (AvgIpc) is 2.47. The van der Waals surface area contributed by atoms with Gasteiger partial charge < -0.3 is 10.1 Å². The van der Waals surface area contributed by atoms with Gasteiger partial charge in [-0.1, -0.05) is 35.9 Å². The Morgan fingerprint density at radius 2 is 1.86 bits per heavy atom. The van der Waals surface area contributed by atoms with Gasteiger partial charge in [0, 0.05) is 5.02 Å². The number of carbonyl (C=O) groups excluding carboxylic acids is 1. The summed E-state index contributed by atoms with van der Waals surface area (Å²) in [4.78, 5) is 12.6. The van der Waals surface area contributed by atoms with E-state index in [1.807, 2.05) is 56.3 Å². The van der Waals surface area contributed by atoms with Crippen LogP contribution in [0.25, 0.3) is 0 Å². The molecule has 2 aromatic rings. The molecule has 0 radical (unpaired) electrons. The fourth-order valence-corrected chi connectivity index (χ4v) is 2.23. The number of hydrogen-bond acceptors (Lipinski definition) is 2. The summed E-state index contributed by atoms with van der Waals surface area (Å²) in [6, 6.07) is 14.7. The third-order valence-corrected chi connectivity index (χ3v) is 3.70. The van der Waals surface area contributed by atoms with Crippen LogP contribution in [0, 0.1) is 0 Å². The maximum atomic E-state index is 12.6. The van der Waals surface area contributed by atoms with Crippen molar-refractivity contribution in [2.24, 2.45) is 0 Å². The minimum atomic E-state index is -0.703. The number of para-hydroxylation sites is 2. The van der Waals surface area contributed by atoms with Crippen LogP contribution in [0.5, 0.6) is 5.75 Å². The molecule has 0 aliphatic carbocycles. The van der Waals surface area contributed by atoms with Crippen molar-refractivity contribution in [2.45, 2.75) is 19.3 Å². The van der Waals surface area contributed by atoms with Crippen LogP contribution in [-0.4, -0.2) is 13.0 Å². The van der Waals surface area contributed by atoms with Crippen molar-refractivity contribution in [3.8, 4) is 5.75 Å². The van der Waals surface area contributed by atoms with Crippen molar-refractivity contribution in [2.75, 3.05) is 12.4 Å². The Bertz CT molecular complexity index is 653. The molecule has 110 valence electrons. The molecular weight excluding hydrogens is 286 g/mol. The number of nitrogens with one attached hydrogen (secondary N) is 1. The van der Waals surface area contributed by atoms with Gasteiger partial charge in [0.1, 0.15) is 5.75 Å². The molecule has 0 spiro atoms. The van der Waals surface area contributed by atoms with Crippen molar-refractivity contribution in [3.63, 3.8) is 0 Å². The van der Waals surface area contributed by atoms with Gasteiger partial charge >= 0.3 is 0 Å². The SMILES string of the molecule is COc1ccccc1NC(=O)C(C)(C)c1cccc(Cl)c1. The highest BCUT2D eigenvalue weighted by molar-refractivity contribution is 6.30. The van der Waals surface area contributed by atoms with Crippen LogP contribution in [0.15, 0.2) is 48.5 Å². The molecule has 2 aromatic carbocycles. The van der Waals surface area contributed by atoms with E-state index in [2.05, 4.69) is 5.32 Å². The van der Waals surface area contributed by atoms with Crippen molar-refractivity contribution in [3.05, 3.63) is 59.1 Å². The number of halogens is 1. The van der Waals surface area contributed by atoms with Crippen LogP contribution in [0.3, 0.4) is 0 Å². The summed E-state index contributed by atoms with van der Waals surface area (Å²) >= 11 is 6.01. The predicted octanol–water partition coefficient (Wildman–Crippen LogP) is 4.26. The monoisotopic (exact) mass is 303 g/mol. The van der Waals surface area contributed by atoms with E-state index in [0.29, 0.717) is 16.5 Å². The molecule has 3 nitrogen and oxygen atoms in total. The predicted molar refractivity (Wildman–Crippen MR) is 86.1 cm³/mol. The van der Waals surface area contributed by atoms with Crippen LogP contribution in [0.4, 0.5) is 5.69 Å². The first kappa shape index (κ1) is 15.4. The Morgan fingerprint density at radius 1 is 1.14 bits per heavy atom. The second-order valence-electron chi connectivity index (χ2n) is 5.29. The average molecular weight is 304 g/mol. The fourth-order valence-electron chi connectivity index (χ4n) is 2.03. The zero-order chi connectivity index (χ0) is 15.5. The molecule has 0 aliphatic rings. The lowest BCUT2D eigenvalue weighted by atomic mass is 9.83. The Balaban J connectivity index is 2.26. The highest BCUT2D eigenvalue weighted by Gasteiger charge is 2.30. The molecule has 1 amide bonds. The Hall–Kier alpha value is -2.00. The summed E-state index contributed by atoms with van der Waals surface area (Å²) < 4.78 is 5.25. The molecule has 0 bridgehead atoms. The highest BCUT2D eigenvalue weighted by Crippen LogP contribution is 2.29. The summed E-state index contributed by atoms with van der Waals surface area (Å²) in [5, 5.41) is 3.53. The Kier molecular flexibility index (Phi) is 4.53. The second-order valence-corrected chi connectivity index (χ2v) is 5.73. The number of carbonyl (C=O) groups is 1. The Labute approximate surface area is 129 Å². The zero-order valence-electron chi connectivity index (χ0n) is 12.3. The van der Waals surface area contributed by atoms with Gasteiger partial charge in [0.2, 0.25) is 5.91 Å². The van der Waals surface area contributed by atoms with Gasteiger partial charge in [-0.05, 0) is 43.7 Å². The lowest BCUT2D eigenvalue weighted by Gasteiger charge is -2.25. The Morgan fingerprint density at radius 3 is 2.52 bits per heavy atom. The molecule has 21 heavy (non-hydrogen) atoms. The molecular formula is C17H18ClNO2. The van der Waals surface area contributed by atoms with Crippen LogP contribution < -0.4 is 10.1 Å². The number of methoxy groups -OCH3 is 1. The van der Waals surface area contributed by atoms with Gasteiger partial charge in [0.25, 0.3) is 0 Å². The molecule has 0 fully saturated rings. The fraction of sp³-hybridized carbons (Fsp3) is 0.235. The van der Waals surface area contributed by atoms with E-state index < -0.39 is 5.41 Å². The first-order valence-electron chi connectivity index (χ1n) is 6.65. The smallest absolute Gasteiger partial charge is 0.234 e. The molecule has 0 saturated carbocycles. The van der Waals surface area contributed by atoms with Crippen molar-refractivity contribution >= 4 is 23.2 Å². The molecule has 4 heteroatoms. The first-order chi connectivity index (χ1) is 9.95. The number of anilines is 1. The van der Waals surface area contributed by atoms with E-state index in [1.54, 1.807) is 13.2 Å². The molecule has 0 unspecified atom stereocenters. The van der Waals surface area contributed by atoms with Crippen LogP contribution in [0.1, 0.15) is 19.4 Å². The van der Waals surface area contributed by atoms with E-state index >= 15 is 0 Å². The highest BCUT2D eigenvalue weighted by atomic mass is 35.5.